The van der Waals surface area contributed by atoms with Crippen molar-refractivity contribution in [2.45, 2.75) is 44.2 Å². The predicted octanol–water partition coefficient (Wildman–Crippen LogP) is 3.19. The number of likely N-dealkylation sites (N-methyl/N-ethyl adjacent to an activating group) is 1. The average Bonchev–Trinajstić information content (AvgIpc) is 3.26. The van der Waals surface area contributed by atoms with Crippen molar-refractivity contribution in [3.8, 4) is 6.01 Å². The number of fused-ring (bicyclic) bond motifs is 1. The van der Waals surface area contributed by atoms with Crippen molar-refractivity contribution < 1.29 is 22.6 Å². The van der Waals surface area contributed by atoms with E-state index in [-0.39, 0.29) is 24.6 Å². The van der Waals surface area contributed by atoms with Crippen molar-refractivity contribution in [2.24, 2.45) is 0 Å². The van der Waals surface area contributed by atoms with E-state index < -0.39 is 17.8 Å². The summed E-state index contributed by atoms with van der Waals surface area (Å²) in [6, 6.07) is 6.22. The number of halogens is 3. The van der Waals surface area contributed by atoms with Gasteiger partial charge in [-0.2, -0.15) is 23.1 Å². The number of benzene rings is 1. The molecule has 0 saturated carbocycles. The molecular weight excluding hydrogens is 447 g/mol. The first-order chi connectivity index (χ1) is 16.4. The zero-order chi connectivity index (χ0) is 23.7. The number of nitrogens with zero attached hydrogens (tertiary/aromatic N) is 4. The van der Waals surface area contributed by atoms with Crippen LogP contribution >= 0.6 is 0 Å². The Morgan fingerprint density at radius 2 is 1.94 bits per heavy atom. The van der Waals surface area contributed by atoms with Gasteiger partial charge in [0.15, 0.2) is 0 Å². The van der Waals surface area contributed by atoms with Gasteiger partial charge in [0.05, 0.1) is 24.0 Å². The molecule has 34 heavy (non-hydrogen) atoms. The number of hydrogen-bond acceptors (Lipinski definition) is 7. The maximum Gasteiger partial charge on any atom is 0.416 e. The van der Waals surface area contributed by atoms with Crippen LogP contribution in [-0.4, -0.2) is 67.3 Å². The third-order valence-electron chi connectivity index (χ3n) is 6.96. The smallest absolute Gasteiger partial charge is 0.416 e. The molecule has 4 heterocycles. The highest BCUT2D eigenvalue weighted by Gasteiger charge is 2.37. The van der Waals surface area contributed by atoms with E-state index in [1.54, 1.807) is 6.07 Å². The van der Waals surface area contributed by atoms with Crippen LogP contribution in [0.25, 0.3) is 0 Å². The number of hydrogen-bond donors (Lipinski definition) is 1. The Morgan fingerprint density at radius 1 is 1.15 bits per heavy atom. The molecule has 0 bridgehead atoms. The molecule has 184 valence electrons. The SMILES string of the molecule is CN1CCC[C@@H]1COc1nc2c(c(N3CCNCC3)n1)COC(c1ccccc1C(F)(F)F)C2. The molecule has 3 aliphatic rings. The van der Waals surface area contributed by atoms with E-state index in [2.05, 4.69) is 27.1 Å². The summed E-state index contributed by atoms with van der Waals surface area (Å²) in [5.74, 6) is 0.767. The van der Waals surface area contributed by atoms with Crippen molar-refractivity contribution in [3.05, 3.63) is 46.6 Å². The molecule has 1 aromatic carbocycles. The third-order valence-corrected chi connectivity index (χ3v) is 6.96. The molecule has 0 radical (unpaired) electrons. The minimum Gasteiger partial charge on any atom is -0.462 e. The summed E-state index contributed by atoms with van der Waals surface area (Å²) < 4.78 is 52.9. The Hall–Kier alpha value is -2.43. The van der Waals surface area contributed by atoms with Gasteiger partial charge in [-0.15, -0.1) is 0 Å². The minimum atomic E-state index is -4.44. The van der Waals surface area contributed by atoms with E-state index in [1.165, 1.54) is 12.1 Å². The van der Waals surface area contributed by atoms with Crippen molar-refractivity contribution in [3.63, 3.8) is 0 Å². The number of alkyl halides is 3. The average molecular weight is 478 g/mol. The van der Waals surface area contributed by atoms with Gasteiger partial charge in [0.1, 0.15) is 12.4 Å². The predicted molar refractivity (Wildman–Crippen MR) is 121 cm³/mol. The van der Waals surface area contributed by atoms with E-state index in [9.17, 15) is 13.2 Å². The maximum atomic E-state index is 13.6. The zero-order valence-electron chi connectivity index (χ0n) is 19.3. The van der Waals surface area contributed by atoms with Crippen LogP contribution in [0.4, 0.5) is 19.0 Å². The van der Waals surface area contributed by atoms with Crippen LogP contribution in [0.2, 0.25) is 0 Å². The van der Waals surface area contributed by atoms with Crippen LogP contribution < -0.4 is 15.0 Å². The lowest BCUT2D eigenvalue weighted by Crippen LogP contribution is -2.44. The Bertz CT molecular complexity index is 1010. The Kier molecular flexibility index (Phi) is 6.63. The van der Waals surface area contributed by atoms with Crippen LogP contribution in [0.15, 0.2) is 24.3 Å². The molecule has 5 rings (SSSR count). The lowest BCUT2D eigenvalue weighted by atomic mass is 9.95. The van der Waals surface area contributed by atoms with Gasteiger partial charge in [-0.05, 0) is 38.1 Å². The Balaban J connectivity index is 1.45. The topological polar surface area (TPSA) is 62.8 Å². The molecule has 1 aromatic heterocycles. The van der Waals surface area contributed by atoms with Gasteiger partial charge in [-0.1, -0.05) is 18.2 Å². The quantitative estimate of drug-likeness (QED) is 0.710. The lowest BCUT2D eigenvalue weighted by molar-refractivity contribution is -0.139. The first kappa shape index (κ1) is 23.3. The summed E-state index contributed by atoms with van der Waals surface area (Å²) in [6.07, 6.45) is -2.73. The van der Waals surface area contributed by atoms with E-state index in [4.69, 9.17) is 14.5 Å². The first-order valence-electron chi connectivity index (χ1n) is 11.9. The molecule has 0 aliphatic carbocycles. The van der Waals surface area contributed by atoms with Gasteiger partial charge in [-0.25, -0.2) is 0 Å². The monoisotopic (exact) mass is 477 g/mol. The van der Waals surface area contributed by atoms with Crippen LogP contribution in [-0.2, 0) is 23.9 Å². The molecule has 2 fully saturated rings. The summed E-state index contributed by atoms with van der Waals surface area (Å²) >= 11 is 0. The maximum absolute atomic E-state index is 13.6. The number of ether oxygens (including phenoxy) is 2. The number of likely N-dealkylation sites (tertiary alicyclic amines) is 1. The zero-order valence-corrected chi connectivity index (χ0v) is 19.3. The lowest BCUT2D eigenvalue weighted by Gasteiger charge is -2.33. The minimum absolute atomic E-state index is 0.137. The molecule has 2 atom stereocenters. The largest absolute Gasteiger partial charge is 0.462 e. The molecule has 0 spiro atoms. The van der Waals surface area contributed by atoms with Crippen molar-refractivity contribution in [2.75, 3.05) is 51.3 Å². The second-order valence-corrected chi connectivity index (χ2v) is 9.17. The van der Waals surface area contributed by atoms with Crippen molar-refractivity contribution in [1.29, 1.82) is 0 Å². The molecular formula is C24H30F3N5O2. The fourth-order valence-corrected chi connectivity index (χ4v) is 5.03. The fraction of sp³-hybridized carbons (Fsp3) is 0.583. The number of anilines is 1. The number of piperazine rings is 1. The number of aromatic nitrogens is 2. The number of rotatable bonds is 5. The normalized spacial score (nSPS) is 23.7. The second kappa shape index (κ2) is 9.67. The highest BCUT2D eigenvalue weighted by Crippen LogP contribution is 2.40. The molecule has 1 unspecified atom stereocenters. The summed E-state index contributed by atoms with van der Waals surface area (Å²) in [6.45, 7) is 4.95. The standard InChI is InChI=1S/C24H30F3N5O2/c1-31-10-4-5-16(31)14-34-23-29-20-13-21(17-6-2-3-7-19(17)24(25,26)27)33-15-18(20)22(30-23)32-11-8-28-9-12-32/h2-3,6-7,16,21,28H,4-5,8-15H2,1H3/t16-,21?/m1/s1. The van der Waals surface area contributed by atoms with E-state index in [0.717, 1.165) is 63.0 Å². The summed E-state index contributed by atoms with van der Waals surface area (Å²) in [4.78, 5) is 13.9. The molecule has 2 saturated heterocycles. The summed E-state index contributed by atoms with van der Waals surface area (Å²) in [5.41, 5.74) is 1.01. The first-order valence-corrected chi connectivity index (χ1v) is 11.9. The van der Waals surface area contributed by atoms with Crippen molar-refractivity contribution >= 4 is 5.82 Å². The van der Waals surface area contributed by atoms with E-state index >= 15 is 0 Å². The highest BCUT2D eigenvalue weighted by atomic mass is 19.4. The van der Waals surface area contributed by atoms with E-state index in [1.807, 2.05) is 0 Å². The molecule has 7 nitrogen and oxygen atoms in total. The van der Waals surface area contributed by atoms with Gasteiger partial charge < -0.3 is 24.6 Å². The van der Waals surface area contributed by atoms with Gasteiger partial charge in [0.25, 0.3) is 0 Å². The molecule has 0 amide bonds. The van der Waals surface area contributed by atoms with Gasteiger partial charge in [-0.3, -0.25) is 0 Å². The second-order valence-electron chi connectivity index (χ2n) is 9.17. The van der Waals surface area contributed by atoms with Crippen LogP contribution in [0, 0.1) is 0 Å². The van der Waals surface area contributed by atoms with E-state index in [0.29, 0.717) is 18.3 Å². The van der Waals surface area contributed by atoms with Gasteiger partial charge in [0, 0.05) is 44.2 Å². The highest BCUT2D eigenvalue weighted by molar-refractivity contribution is 5.51. The van der Waals surface area contributed by atoms with Gasteiger partial charge >= 0.3 is 12.2 Å². The number of nitrogens with one attached hydrogen (secondary N) is 1. The third kappa shape index (κ3) is 4.85. The summed E-state index contributed by atoms with van der Waals surface area (Å²) in [7, 11) is 2.08. The molecule has 10 heteroatoms. The Morgan fingerprint density at radius 3 is 2.68 bits per heavy atom. The fourth-order valence-electron chi connectivity index (χ4n) is 5.03. The summed E-state index contributed by atoms with van der Waals surface area (Å²) in [5, 5.41) is 3.34. The van der Waals surface area contributed by atoms with Gasteiger partial charge in [0.2, 0.25) is 0 Å². The van der Waals surface area contributed by atoms with Crippen LogP contribution in [0.1, 0.15) is 41.3 Å². The Labute approximate surface area is 197 Å². The molecule has 3 aliphatic heterocycles. The van der Waals surface area contributed by atoms with Crippen molar-refractivity contribution in [1.82, 2.24) is 20.2 Å². The van der Waals surface area contributed by atoms with Crippen LogP contribution in [0.5, 0.6) is 6.01 Å². The molecule has 1 N–H and O–H groups in total. The van der Waals surface area contributed by atoms with Crippen LogP contribution in [0.3, 0.4) is 0 Å². The molecule has 2 aromatic rings.